The number of amides is 1. The van der Waals surface area contributed by atoms with Crippen molar-refractivity contribution < 1.29 is 13.6 Å². The molecule has 0 aliphatic carbocycles. The molecule has 1 N–H and O–H groups in total. The number of hydrogen-bond donors (Lipinski definition) is 1. The first kappa shape index (κ1) is 13.1. The van der Waals surface area contributed by atoms with Gasteiger partial charge in [0, 0.05) is 12.7 Å². The topological polar surface area (TPSA) is 42.0 Å². The minimum absolute atomic E-state index is 0.289. The van der Waals surface area contributed by atoms with Gasteiger partial charge in [-0.15, -0.1) is 0 Å². The molecular formula is C14H12F2N2O. The zero-order valence-electron chi connectivity index (χ0n) is 10.1. The number of pyridine rings is 1. The molecule has 1 aromatic carbocycles. The second-order valence-corrected chi connectivity index (χ2v) is 3.97. The summed E-state index contributed by atoms with van der Waals surface area (Å²) in [6.07, 6.45) is 1.96. The highest BCUT2D eigenvalue weighted by Gasteiger charge is 2.06. The van der Waals surface area contributed by atoms with Gasteiger partial charge in [-0.3, -0.25) is 9.78 Å². The van der Waals surface area contributed by atoms with Gasteiger partial charge in [-0.2, -0.15) is 0 Å². The number of nitrogens with one attached hydrogen (secondary N) is 1. The van der Waals surface area contributed by atoms with Crippen molar-refractivity contribution >= 4 is 5.91 Å². The maximum atomic E-state index is 13.0. The van der Waals surface area contributed by atoms with Gasteiger partial charge in [-0.25, -0.2) is 8.78 Å². The molecule has 19 heavy (non-hydrogen) atoms. The Kier molecular flexibility index (Phi) is 4.18. The van der Waals surface area contributed by atoms with Crippen molar-refractivity contribution in [1.82, 2.24) is 10.3 Å². The third-order valence-corrected chi connectivity index (χ3v) is 2.58. The van der Waals surface area contributed by atoms with Crippen LogP contribution in [0.3, 0.4) is 0 Å². The lowest BCUT2D eigenvalue weighted by Crippen LogP contribution is -2.26. The Morgan fingerprint density at radius 3 is 2.68 bits per heavy atom. The van der Waals surface area contributed by atoms with E-state index in [4.69, 9.17) is 0 Å². The number of hydrogen-bond acceptors (Lipinski definition) is 2. The Morgan fingerprint density at radius 2 is 2.00 bits per heavy atom. The third-order valence-electron chi connectivity index (χ3n) is 2.58. The number of halogens is 2. The van der Waals surface area contributed by atoms with Gasteiger partial charge in [-0.1, -0.05) is 12.1 Å². The van der Waals surface area contributed by atoms with Crippen LogP contribution in [0.4, 0.5) is 8.78 Å². The Hall–Kier alpha value is -2.30. The highest BCUT2D eigenvalue weighted by molar-refractivity contribution is 5.92. The molecule has 2 aromatic rings. The van der Waals surface area contributed by atoms with Crippen LogP contribution in [0.5, 0.6) is 0 Å². The van der Waals surface area contributed by atoms with Gasteiger partial charge in [0.05, 0.1) is 0 Å². The second kappa shape index (κ2) is 6.04. The summed E-state index contributed by atoms with van der Waals surface area (Å²) < 4.78 is 25.7. The summed E-state index contributed by atoms with van der Waals surface area (Å²) in [5.74, 6) is -2.04. The van der Waals surface area contributed by atoms with E-state index in [1.807, 2.05) is 0 Å². The molecule has 5 heteroatoms. The van der Waals surface area contributed by atoms with Crippen molar-refractivity contribution in [2.24, 2.45) is 0 Å². The Bertz CT molecular complexity index is 573. The number of rotatable bonds is 4. The second-order valence-electron chi connectivity index (χ2n) is 3.97. The summed E-state index contributed by atoms with van der Waals surface area (Å²) in [4.78, 5) is 15.6. The predicted octanol–water partition coefficient (Wildman–Crippen LogP) is 2.33. The van der Waals surface area contributed by atoms with E-state index in [9.17, 15) is 13.6 Å². The van der Waals surface area contributed by atoms with E-state index in [0.29, 0.717) is 24.2 Å². The summed E-state index contributed by atoms with van der Waals surface area (Å²) in [5, 5.41) is 2.66. The standard InChI is InChI=1S/C14H12F2N2O/c15-11-5-4-10(9-12(11)16)6-8-18-14(19)13-3-1-2-7-17-13/h1-5,7,9H,6,8H2,(H,18,19). The summed E-state index contributed by atoms with van der Waals surface area (Å²) in [6.45, 7) is 0.334. The van der Waals surface area contributed by atoms with Crippen LogP contribution in [0, 0.1) is 11.6 Å². The van der Waals surface area contributed by atoms with Crippen LogP contribution in [0.1, 0.15) is 16.1 Å². The minimum Gasteiger partial charge on any atom is -0.350 e. The highest BCUT2D eigenvalue weighted by atomic mass is 19.2. The van der Waals surface area contributed by atoms with Gasteiger partial charge in [0.2, 0.25) is 0 Å². The van der Waals surface area contributed by atoms with E-state index < -0.39 is 11.6 Å². The molecule has 0 saturated heterocycles. The normalized spacial score (nSPS) is 10.2. The SMILES string of the molecule is O=C(NCCc1ccc(F)c(F)c1)c1ccccn1. The fourth-order valence-corrected chi connectivity index (χ4v) is 1.60. The van der Waals surface area contributed by atoms with E-state index in [1.54, 1.807) is 18.2 Å². The average Bonchev–Trinajstić information content (AvgIpc) is 2.43. The van der Waals surface area contributed by atoms with E-state index in [2.05, 4.69) is 10.3 Å². The maximum Gasteiger partial charge on any atom is 0.269 e. The van der Waals surface area contributed by atoms with Crippen LogP contribution in [0.15, 0.2) is 42.6 Å². The lowest BCUT2D eigenvalue weighted by atomic mass is 10.1. The molecule has 1 amide bonds. The zero-order valence-corrected chi connectivity index (χ0v) is 10.1. The molecule has 0 saturated carbocycles. The fraction of sp³-hybridized carbons (Fsp3) is 0.143. The van der Waals surface area contributed by atoms with Crippen molar-refractivity contribution in [2.75, 3.05) is 6.54 Å². The molecule has 0 spiro atoms. The van der Waals surface area contributed by atoms with E-state index in [-0.39, 0.29) is 5.91 Å². The average molecular weight is 262 g/mol. The Morgan fingerprint density at radius 1 is 1.16 bits per heavy atom. The summed E-state index contributed by atoms with van der Waals surface area (Å²) in [6, 6.07) is 8.74. The van der Waals surface area contributed by atoms with Gasteiger partial charge in [0.25, 0.3) is 5.91 Å². The summed E-state index contributed by atoms with van der Waals surface area (Å²) in [7, 11) is 0. The number of carbonyl (C=O) groups is 1. The first-order chi connectivity index (χ1) is 9.16. The van der Waals surface area contributed by atoms with Gasteiger partial charge in [-0.05, 0) is 36.2 Å². The monoisotopic (exact) mass is 262 g/mol. The van der Waals surface area contributed by atoms with Gasteiger partial charge in [0.1, 0.15) is 5.69 Å². The maximum absolute atomic E-state index is 13.0. The van der Waals surface area contributed by atoms with E-state index >= 15 is 0 Å². The first-order valence-corrected chi connectivity index (χ1v) is 5.80. The zero-order chi connectivity index (χ0) is 13.7. The number of aromatic nitrogens is 1. The van der Waals surface area contributed by atoms with Crippen LogP contribution in [-0.4, -0.2) is 17.4 Å². The molecule has 1 aromatic heterocycles. The predicted molar refractivity (Wildman–Crippen MR) is 66.6 cm³/mol. The number of carbonyl (C=O) groups excluding carboxylic acids is 1. The highest BCUT2D eigenvalue weighted by Crippen LogP contribution is 2.08. The quantitative estimate of drug-likeness (QED) is 0.918. The summed E-state index contributed by atoms with van der Waals surface area (Å²) in [5.41, 5.74) is 0.952. The molecule has 0 fully saturated rings. The van der Waals surface area contributed by atoms with Crippen molar-refractivity contribution in [3.63, 3.8) is 0 Å². The molecule has 2 rings (SSSR count). The lowest BCUT2D eigenvalue weighted by molar-refractivity contribution is 0.0949. The van der Waals surface area contributed by atoms with Crippen molar-refractivity contribution in [2.45, 2.75) is 6.42 Å². The van der Waals surface area contributed by atoms with Gasteiger partial charge in [0.15, 0.2) is 11.6 Å². The van der Waals surface area contributed by atoms with Crippen LogP contribution in [0.2, 0.25) is 0 Å². The van der Waals surface area contributed by atoms with Crippen LogP contribution >= 0.6 is 0 Å². The fourth-order valence-electron chi connectivity index (χ4n) is 1.60. The molecule has 0 atom stereocenters. The van der Waals surface area contributed by atoms with Gasteiger partial charge < -0.3 is 5.32 Å². The molecule has 98 valence electrons. The van der Waals surface area contributed by atoms with E-state index in [0.717, 1.165) is 12.1 Å². The van der Waals surface area contributed by atoms with Crippen molar-refractivity contribution in [1.29, 1.82) is 0 Å². The number of nitrogens with zero attached hydrogens (tertiary/aromatic N) is 1. The van der Waals surface area contributed by atoms with Crippen molar-refractivity contribution in [3.8, 4) is 0 Å². The number of benzene rings is 1. The minimum atomic E-state index is -0.881. The molecule has 1 heterocycles. The lowest BCUT2D eigenvalue weighted by Gasteiger charge is -2.05. The molecule has 3 nitrogen and oxygen atoms in total. The smallest absolute Gasteiger partial charge is 0.269 e. The van der Waals surface area contributed by atoms with E-state index in [1.165, 1.54) is 12.3 Å². The molecule has 0 bridgehead atoms. The Labute approximate surface area is 109 Å². The van der Waals surface area contributed by atoms with Crippen LogP contribution in [-0.2, 0) is 6.42 Å². The first-order valence-electron chi connectivity index (χ1n) is 5.80. The summed E-state index contributed by atoms with van der Waals surface area (Å²) >= 11 is 0. The molecule has 0 unspecified atom stereocenters. The van der Waals surface area contributed by atoms with Gasteiger partial charge >= 0.3 is 0 Å². The Balaban J connectivity index is 1.87. The van der Waals surface area contributed by atoms with Crippen LogP contribution < -0.4 is 5.32 Å². The third kappa shape index (κ3) is 3.58. The molecule has 0 aliphatic rings. The van der Waals surface area contributed by atoms with Crippen molar-refractivity contribution in [3.05, 3.63) is 65.5 Å². The molecular weight excluding hydrogens is 250 g/mol. The molecule has 0 radical (unpaired) electrons. The van der Waals surface area contributed by atoms with Crippen LogP contribution in [0.25, 0.3) is 0 Å². The molecule has 0 aliphatic heterocycles. The largest absolute Gasteiger partial charge is 0.350 e.